The molecule has 1 aliphatic heterocycles. The fourth-order valence-electron chi connectivity index (χ4n) is 3.45. The van der Waals surface area contributed by atoms with Gasteiger partial charge in [-0.05, 0) is 49.0 Å². The minimum absolute atomic E-state index is 0.183. The molecule has 1 saturated carbocycles. The van der Waals surface area contributed by atoms with Gasteiger partial charge in [-0.25, -0.2) is 4.99 Å². The van der Waals surface area contributed by atoms with Crippen molar-refractivity contribution in [2.45, 2.75) is 25.1 Å². The van der Waals surface area contributed by atoms with Crippen molar-refractivity contribution >= 4 is 23.1 Å². The van der Waals surface area contributed by atoms with E-state index in [2.05, 4.69) is 27.4 Å². The summed E-state index contributed by atoms with van der Waals surface area (Å²) in [6.07, 6.45) is -1.09. The molecule has 0 radical (unpaired) electrons. The van der Waals surface area contributed by atoms with Crippen LogP contribution in [-0.2, 0) is 6.18 Å². The van der Waals surface area contributed by atoms with E-state index in [0.717, 1.165) is 18.9 Å². The lowest BCUT2D eigenvalue weighted by atomic mass is 9.92. The third-order valence-electron chi connectivity index (χ3n) is 4.38. The standard InChI is InChI=1S/C14H14F3N3S/c15-14(16,17)12-5-11(3-4-18-12)20-6-9-1-2-10(7-20)13(9)19-8-21/h3-5,9-10,13H,1-2,6-7H2/t9-,10+,13+. The van der Waals surface area contributed by atoms with Crippen molar-refractivity contribution in [2.75, 3.05) is 18.0 Å². The zero-order valence-electron chi connectivity index (χ0n) is 11.2. The largest absolute Gasteiger partial charge is 0.433 e. The Balaban J connectivity index is 1.82. The molecule has 21 heavy (non-hydrogen) atoms. The summed E-state index contributed by atoms with van der Waals surface area (Å²) in [6, 6.07) is 2.95. The molecular weight excluding hydrogens is 299 g/mol. The number of pyridine rings is 1. The number of alkyl halides is 3. The first kappa shape index (κ1) is 14.5. The molecule has 0 aromatic carbocycles. The van der Waals surface area contributed by atoms with Crippen molar-refractivity contribution in [3.63, 3.8) is 0 Å². The van der Waals surface area contributed by atoms with Crippen LogP contribution in [0.3, 0.4) is 0 Å². The lowest BCUT2D eigenvalue weighted by molar-refractivity contribution is -0.141. The van der Waals surface area contributed by atoms with Crippen LogP contribution >= 0.6 is 12.2 Å². The Morgan fingerprint density at radius 2 is 1.95 bits per heavy atom. The molecule has 3 atom stereocenters. The fraction of sp³-hybridized carbons (Fsp3) is 0.571. The van der Waals surface area contributed by atoms with E-state index in [0.29, 0.717) is 30.6 Å². The first-order valence-corrected chi connectivity index (χ1v) is 7.25. The number of isothiocyanates is 1. The molecule has 1 aromatic heterocycles. The lowest BCUT2D eigenvalue weighted by Crippen LogP contribution is -2.44. The molecule has 2 aliphatic rings. The van der Waals surface area contributed by atoms with Gasteiger partial charge in [-0.15, -0.1) is 0 Å². The van der Waals surface area contributed by atoms with Gasteiger partial charge in [0.1, 0.15) is 5.69 Å². The minimum Gasteiger partial charge on any atom is -0.371 e. The van der Waals surface area contributed by atoms with Gasteiger partial charge in [-0.3, -0.25) is 4.98 Å². The van der Waals surface area contributed by atoms with E-state index < -0.39 is 11.9 Å². The SMILES string of the molecule is FC(F)(F)c1cc(N2C[C@H]3CC[C@@H](C2)[C@H]3N=C=S)ccn1. The van der Waals surface area contributed by atoms with E-state index in [1.54, 1.807) is 6.07 Å². The predicted octanol–water partition coefficient (Wildman–Crippen LogP) is 3.42. The van der Waals surface area contributed by atoms with E-state index in [4.69, 9.17) is 0 Å². The van der Waals surface area contributed by atoms with Gasteiger partial charge in [0.05, 0.1) is 11.2 Å². The number of aromatic nitrogens is 1. The second-order valence-corrected chi connectivity index (χ2v) is 5.79. The molecule has 2 bridgehead atoms. The smallest absolute Gasteiger partial charge is 0.371 e. The molecule has 0 spiro atoms. The van der Waals surface area contributed by atoms with E-state index in [1.165, 1.54) is 6.20 Å². The number of anilines is 1. The van der Waals surface area contributed by atoms with Gasteiger partial charge in [-0.2, -0.15) is 13.2 Å². The van der Waals surface area contributed by atoms with Crippen LogP contribution in [0, 0.1) is 11.8 Å². The average Bonchev–Trinajstić information content (AvgIpc) is 2.69. The molecule has 7 heteroatoms. The molecule has 1 aromatic rings. The first-order valence-electron chi connectivity index (χ1n) is 6.84. The molecule has 0 N–H and O–H groups in total. The molecule has 3 nitrogen and oxygen atoms in total. The second kappa shape index (κ2) is 5.39. The highest BCUT2D eigenvalue weighted by Gasteiger charge is 2.42. The summed E-state index contributed by atoms with van der Waals surface area (Å²) in [4.78, 5) is 9.66. The normalized spacial score (nSPS) is 28.3. The van der Waals surface area contributed by atoms with Gasteiger partial charge in [-0.1, -0.05) is 0 Å². The predicted molar refractivity (Wildman–Crippen MR) is 76.5 cm³/mol. The van der Waals surface area contributed by atoms with Crippen molar-refractivity contribution in [1.82, 2.24) is 4.98 Å². The van der Waals surface area contributed by atoms with E-state index in [9.17, 15) is 13.2 Å². The Hall–Kier alpha value is -1.46. The number of hydrogen-bond acceptors (Lipinski definition) is 4. The molecule has 1 saturated heterocycles. The molecule has 0 amide bonds. The maximum absolute atomic E-state index is 12.7. The summed E-state index contributed by atoms with van der Waals surface area (Å²) in [6.45, 7) is 1.42. The van der Waals surface area contributed by atoms with Gasteiger partial charge in [0.25, 0.3) is 0 Å². The first-order chi connectivity index (χ1) is 9.99. The molecular formula is C14H14F3N3S. The van der Waals surface area contributed by atoms with Crippen LogP contribution in [-0.4, -0.2) is 29.3 Å². The van der Waals surface area contributed by atoms with Crippen LogP contribution < -0.4 is 4.90 Å². The summed E-state index contributed by atoms with van der Waals surface area (Å²) in [5.74, 6) is 0.698. The molecule has 112 valence electrons. The van der Waals surface area contributed by atoms with Crippen LogP contribution in [0.1, 0.15) is 18.5 Å². The number of nitrogens with zero attached hydrogens (tertiary/aromatic N) is 3. The number of rotatable bonds is 2. The Bertz CT molecular complexity index is 569. The number of thiocarbonyl (C=S) groups is 1. The zero-order chi connectivity index (χ0) is 15.0. The van der Waals surface area contributed by atoms with Crippen molar-refractivity contribution < 1.29 is 13.2 Å². The Morgan fingerprint density at radius 3 is 2.52 bits per heavy atom. The van der Waals surface area contributed by atoms with Gasteiger partial charge >= 0.3 is 6.18 Å². The van der Waals surface area contributed by atoms with Crippen LogP contribution in [0.2, 0.25) is 0 Å². The van der Waals surface area contributed by atoms with Crippen molar-refractivity contribution in [3.05, 3.63) is 24.0 Å². The lowest BCUT2D eigenvalue weighted by Gasteiger charge is -2.37. The minimum atomic E-state index is -4.41. The Labute approximate surface area is 125 Å². The number of aliphatic imine (C=N–C) groups is 1. The third-order valence-corrected chi connectivity index (χ3v) is 4.49. The quantitative estimate of drug-likeness (QED) is 0.619. The number of halogens is 3. The van der Waals surface area contributed by atoms with Crippen molar-refractivity contribution in [2.24, 2.45) is 16.8 Å². The number of piperidine rings is 1. The Kier molecular flexibility index (Phi) is 3.71. The summed E-state index contributed by atoms with van der Waals surface area (Å²) < 4.78 is 38.2. The van der Waals surface area contributed by atoms with Gasteiger partial charge in [0.15, 0.2) is 0 Å². The van der Waals surface area contributed by atoms with E-state index in [-0.39, 0.29) is 6.04 Å². The zero-order valence-corrected chi connectivity index (χ0v) is 12.0. The highest BCUT2D eigenvalue weighted by atomic mass is 32.1. The molecule has 0 unspecified atom stereocenters. The third kappa shape index (κ3) is 2.80. The average molecular weight is 313 g/mol. The Morgan fingerprint density at radius 1 is 1.29 bits per heavy atom. The fourth-order valence-corrected chi connectivity index (χ4v) is 3.57. The summed E-state index contributed by atoms with van der Waals surface area (Å²) in [5, 5.41) is 2.45. The van der Waals surface area contributed by atoms with Crippen molar-refractivity contribution in [1.29, 1.82) is 0 Å². The van der Waals surface area contributed by atoms with Gasteiger partial charge in [0.2, 0.25) is 0 Å². The molecule has 2 heterocycles. The van der Waals surface area contributed by atoms with Gasteiger partial charge in [0, 0.05) is 25.0 Å². The van der Waals surface area contributed by atoms with Crippen LogP contribution in [0.25, 0.3) is 0 Å². The van der Waals surface area contributed by atoms with Crippen molar-refractivity contribution in [3.8, 4) is 0 Å². The second-order valence-electron chi connectivity index (χ2n) is 5.61. The van der Waals surface area contributed by atoms with Crippen LogP contribution in [0.4, 0.5) is 18.9 Å². The van der Waals surface area contributed by atoms with E-state index >= 15 is 0 Å². The molecule has 3 rings (SSSR count). The monoisotopic (exact) mass is 313 g/mol. The van der Waals surface area contributed by atoms with Crippen LogP contribution in [0.15, 0.2) is 23.3 Å². The molecule has 2 fully saturated rings. The van der Waals surface area contributed by atoms with E-state index in [1.807, 2.05) is 4.90 Å². The summed E-state index contributed by atoms with van der Waals surface area (Å²) >= 11 is 4.68. The highest BCUT2D eigenvalue weighted by Crippen LogP contribution is 2.41. The topological polar surface area (TPSA) is 28.5 Å². The highest BCUT2D eigenvalue weighted by molar-refractivity contribution is 7.78. The maximum Gasteiger partial charge on any atom is 0.433 e. The summed E-state index contributed by atoms with van der Waals surface area (Å²) in [5.41, 5.74) is -0.259. The summed E-state index contributed by atoms with van der Waals surface area (Å²) in [7, 11) is 0. The maximum atomic E-state index is 12.7. The molecule has 1 aliphatic carbocycles. The number of fused-ring (bicyclic) bond motifs is 2. The number of hydrogen-bond donors (Lipinski definition) is 0. The van der Waals surface area contributed by atoms with Gasteiger partial charge < -0.3 is 4.90 Å². The van der Waals surface area contributed by atoms with Crippen LogP contribution in [0.5, 0.6) is 0 Å².